The summed E-state index contributed by atoms with van der Waals surface area (Å²) in [5.74, 6) is 1.92. The van der Waals surface area contributed by atoms with Gasteiger partial charge in [-0.3, -0.25) is 4.79 Å². The summed E-state index contributed by atoms with van der Waals surface area (Å²) in [6, 6.07) is 13.3. The van der Waals surface area contributed by atoms with Crippen LogP contribution < -0.4 is 5.32 Å². The monoisotopic (exact) mass is 365 g/mol. The molecule has 0 radical (unpaired) electrons. The van der Waals surface area contributed by atoms with Gasteiger partial charge in [0, 0.05) is 17.8 Å². The number of hydrogen-bond donors (Lipinski definition) is 2. The van der Waals surface area contributed by atoms with Gasteiger partial charge >= 0.3 is 0 Å². The molecule has 0 saturated heterocycles. The quantitative estimate of drug-likeness (QED) is 0.524. The predicted octanol–water partition coefficient (Wildman–Crippen LogP) is 3.65. The van der Waals surface area contributed by atoms with E-state index in [1.165, 1.54) is 11.8 Å². The number of carbonyl (C=O) groups excluding carboxylic acids is 1. The molecule has 1 amide bonds. The highest BCUT2D eigenvalue weighted by molar-refractivity contribution is 7.99. The molecule has 3 aromatic heterocycles. The highest BCUT2D eigenvalue weighted by atomic mass is 32.2. The first-order valence-corrected chi connectivity index (χ1v) is 8.93. The number of carbonyl (C=O) groups is 1. The molecular formula is C18H15N5O2S. The minimum atomic E-state index is -0.161. The molecule has 1 aromatic carbocycles. The number of H-pyrrole nitrogens is 1. The largest absolute Gasteiger partial charge is 0.360 e. The van der Waals surface area contributed by atoms with Crippen molar-refractivity contribution in [3.8, 4) is 11.4 Å². The molecule has 7 nitrogen and oxygen atoms in total. The fraction of sp³-hybridized carbons (Fsp3) is 0.111. The number of imidazole rings is 1. The summed E-state index contributed by atoms with van der Waals surface area (Å²) < 4.78 is 4.91. The third-order valence-electron chi connectivity index (χ3n) is 3.65. The summed E-state index contributed by atoms with van der Waals surface area (Å²) in [5.41, 5.74) is 2.80. The van der Waals surface area contributed by atoms with Crippen LogP contribution in [0.3, 0.4) is 0 Å². The number of nitrogens with zero attached hydrogens (tertiary/aromatic N) is 3. The molecule has 0 atom stereocenters. The van der Waals surface area contributed by atoms with Crippen molar-refractivity contribution in [2.24, 2.45) is 0 Å². The number of aromatic amines is 1. The Kier molecular flexibility index (Phi) is 4.40. The van der Waals surface area contributed by atoms with Gasteiger partial charge in [0.15, 0.2) is 5.82 Å². The molecule has 2 N–H and O–H groups in total. The Labute approximate surface area is 153 Å². The van der Waals surface area contributed by atoms with Crippen molar-refractivity contribution in [3.63, 3.8) is 0 Å². The lowest BCUT2D eigenvalue weighted by Gasteiger charge is -2.02. The lowest BCUT2D eigenvalue weighted by Crippen LogP contribution is -2.14. The minimum Gasteiger partial charge on any atom is -0.360 e. The maximum Gasteiger partial charge on any atom is 0.236 e. The molecule has 4 aromatic rings. The summed E-state index contributed by atoms with van der Waals surface area (Å²) in [4.78, 5) is 24.1. The molecule has 0 bridgehead atoms. The van der Waals surface area contributed by atoms with Crippen molar-refractivity contribution >= 4 is 34.5 Å². The van der Waals surface area contributed by atoms with E-state index in [1.807, 2.05) is 36.4 Å². The molecule has 0 aliphatic rings. The van der Waals surface area contributed by atoms with Crippen LogP contribution in [-0.4, -0.2) is 31.8 Å². The van der Waals surface area contributed by atoms with Crippen LogP contribution in [0.5, 0.6) is 0 Å². The molecule has 4 rings (SSSR count). The molecule has 3 heterocycles. The van der Waals surface area contributed by atoms with E-state index >= 15 is 0 Å². The predicted molar refractivity (Wildman–Crippen MR) is 99.9 cm³/mol. The number of aryl methyl sites for hydroxylation is 1. The first-order valence-electron chi connectivity index (χ1n) is 7.94. The van der Waals surface area contributed by atoms with Gasteiger partial charge in [0.25, 0.3) is 0 Å². The van der Waals surface area contributed by atoms with Gasteiger partial charge in [-0.15, -0.1) is 0 Å². The summed E-state index contributed by atoms with van der Waals surface area (Å²) in [6.45, 7) is 1.77. The zero-order valence-corrected chi connectivity index (χ0v) is 14.7. The number of nitrogens with one attached hydrogen (secondary N) is 2. The molecule has 0 spiro atoms. The number of anilines is 1. The average Bonchev–Trinajstić information content (AvgIpc) is 3.26. The van der Waals surface area contributed by atoms with Crippen molar-refractivity contribution in [1.29, 1.82) is 0 Å². The van der Waals surface area contributed by atoms with E-state index in [0.29, 0.717) is 11.6 Å². The van der Waals surface area contributed by atoms with Crippen LogP contribution in [0.4, 0.5) is 5.82 Å². The van der Waals surface area contributed by atoms with E-state index in [-0.39, 0.29) is 11.7 Å². The molecule has 26 heavy (non-hydrogen) atoms. The Morgan fingerprint density at radius 3 is 2.88 bits per heavy atom. The Bertz CT molecular complexity index is 1020. The maximum atomic E-state index is 11.9. The number of benzene rings is 1. The van der Waals surface area contributed by atoms with Crippen molar-refractivity contribution in [2.75, 3.05) is 11.1 Å². The van der Waals surface area contributed by atoms with Crippen LogP contribution in [0.2, 0.25) is 0 Å². The SMILES string of the molecule is Cc1cc(NC(=O)CSc2ccc(-c3nc4ccccc4[nH]3)cn2)no1. The molecule has 0 saturated carbocycles. The number of aromatic nitrogens is 4. The lowest BCUT2D eigenvalue weighted by atomic mass is 10.3. The molecule has 130 valence electrons. The topological polar surface area (TPSA) is 96.7 Å². The fourth-order valence-corrected chi connectivity index (χ4v) is 3.08. The number of para-hydroxylation sites is 2. The molecular weight excluding hydrogens is 350 g/mol. The number of pyridine rings is 1. The van der Waals surface area contributed by atoms with E-state index < -0.39 is 0 Å². The van der Waals surface area contributed by atoms with Crippen molar-refractivity contribution in [2.45, 2.75) is 11.9 Å². The zero-order valence-electron chi connectivity index (χ0n) is 13.9. The summed E-state index contributed by atoms with van der Waals surface area (Å²) in [7, 11) is 0. The van der Waals surface area contributed by atoms with Crippen molar-refractivity contribution < 1.29 is 9.32 Å². The number of fused-ring (bicyclic) bond motifs is 1. The molecule has 0 aliphatic carbocycles. The van der Waals surface area contributed by atoms with E-state index in [9.17, 15) is 4.79 Å². The number of thioether (sulfide) groups is 1. The van der Waals surface area contributed by atoms with Gasteiger partial charge < -0.3 is 14.8 Å². The second-order valence-corrected chi connectivity index (χ2v) is 6.64. The van der Waals surface area contributed by atoms with Gasteiger partial charge in [-0.1, -0.05) is 29.1 Å². The van der Waals surface area contributed by atoms with E-state index in [0.717, 1.165) is 27.4 Å². The normalized spacial score (nSPS) is 11.0. The average molecular weight is 365 g/mol. The second-order valence-electron chi connectivity index (χ2n) is 5.65. The minimum absolute atomic E-state index is 0.161. The van der Waals surface area contributed by atoms with E-state index in [4.69, 9.17) is 4.52 Å². The Hall–Kier alpha value is -3.13. The molecule has 0 unspecified atom stereocenters. The first-order chi connectivity index (χ1) is 12.7. The summed E-state index contributed by atoms with van der Waals surface area (Å²) in [5, 5.41) is 7.17. The van der Waals surface area contributed by atoms with Gasteiger partial charge in [-0.25, -0.2) is 9.97 Å². The fourth-order valence-electron chi connectivity index (χ4n) is 2.44. The van der Waals surface area contributed by atoms with Gasteiger partial charge in [-0.05, 0) is 31.2 Å². The van der Waals surface area contributed by atoms with Gasteiger partial charge in [0.05, 0.1) is 21.8 Å². The molecule has 0 fully saturated rings. The summed E-state index contributed by atoms with van der Waals surface area (Å²) >= 11 is 1.35. The van der Waals surface area contributed by atoms with Crippen LogP contribution in [0.1, 0.15) is 5.76 Å². The molecule has 8 heteroatoms. The summed E-state index contributed by atoms with van der Waals surface area (Å²) in [6.07, 6.45) is 1.75. The highest BCUT2D eigenvalue weighted by Crippen LogP contribution is 2.22. The second kappa shape index (κ2) is 7.01. The number of hydrogen-bond acceptors (Lipinski definition) is 6. The Balaban J connectivity index is 1.39. The van der Waals surface area contributed by atoms with Gasteiger partial charge in [0.1, 0.15) is 11.6 Å². The van der Waals surface area contributed by atoms with Crippen molar-refractivity contribution in [1.82, 2.24) is 20.1 Å². The number of rotatable bonds is 5. The highest BCUT2D eigenvalue weighted by Gasteiger charge is 2.09. The van der Waals surface area contributed by atoms with Crippen LogP contribution in [-0.2, 0) is 4.79 Å². The smallest absolute Gasteiger partial charge is 0.236 e. The lowest BCUT2D eigenvalue weighted by molar-refractivity contribution is -0.113. The number of amides is 1. The molecule has 0 aliphatic heterocycles. The van der Waals surface area contributed by atoms with E-state index in [1.54, 1.807) is 19.2 Å². The van der Waals surface area contributed by atoms with Gasteiger partial charge in [-0.2, -0.15) is 0 Å². The Morgan fingerprint density at radius 1 is 1.27 bits per heavy atom. The first kappa shape index (κ1) is 16.3. The third kappa shape index (κ3) is 3.60. The maximum absolute atomic E-state index is 11.9. The zero-order chi connectivity index (χ0) is 17.9. The van der Waals surface area contributed by atoms with Crippen LogP contribution >= 0.6 is 11.8 Å². The van der Waals surface area contributed by atoms with Crippen molar-refractivity contribution in [3.05, 3.63) is 54.4 Å². The van der Waals surface area contributed by atoms with Crippen LogP contribution in [0.15, 0.2) is 58.2 Å². The van der Waals surface area contributed by atoms with Gasteiger partial charge in [0.2, 0.25) is 5.91 Å². The van der Waals surface area contributed by atoms with E-state index in [2.05, 4.69) is 25.4 Å². The van der Waals surface area contributed by atoms with Crippen LogP contribution in [0, 0.1) is 6.92 Å². The Morgan fingerprint density at radius 2 is 2.15 bits per heavy atom. The standard InChI is InChI=1S/C18H15N5O2S/c1-11-8-15(23-25-11)22-16(24)10-26-17-7-6-12(9-19-17)18-20-13-4-2-3-5-14(13)21-18/h2-9H,10H2,1H3,(H,20,21)(H,22,23,24). The van der Waals surface area contributed by atoms with Crippen LogP contribution in [0.25, 0.3) is 22.4 Å². The third-order valence-corrected chi connectivity index (χ3v) is 4.59.